The van der Waals surface area contributed by atoms with Gasteiger partial charge < -0.3 is 4.74 Å². The highest BCUT2D eigenvalue weighted by Crippen LogP contribution is 2.40. The first-order valence-corrected chi connectivity index (χ1v) is 9.40. The molecule has 0 aliphatic heterocycles. The minimum atomic E-state index is 0.723. The Balaban J connectivity index is 1.85. The average Bonchev–Trinajstić information content (AvgIpc) is 3.15. The van der Waals surface area contributed by atoms with Gasteiger partial charge in [-0.15, -0.1) is 11.3 Å². The Morgan fingerprint density at radius 1 is 0.769 bits per heavy atom. The Bertz CT molecular complexity index is 1010. The summed E-state index contributed by atoms with van der Waals surface area (Å²) < 4.78 is 5.25. The third kappa shape index (κ3) is 3.36. The lowest BCUT2D eigenvalue weighted by molar-refractivity contribution is 0.415. The van der Waals surface area contributed by atoms with Gasteiger partial charge in [-0.3, -0.25) is 0 Å². The van der Waals surface area contributed by atoms with E-state index in [9.17, 15) is 0 Å². The Kier molecular flexibility index (Phi) is 4.74. The molecule has 0 radical (unpaired) electrons. The molecule has 0 N–H and O–H groups in total. The number of benzene rings is 3. The van der Waals surface area contributed by atoms with Gasteiger partial charge in [-0.25, -0.2) is 4.98 Å². The fraction of sp³-hybridized carbons (Fsp3) is 0.0455. The highest BCUT2D eigenvalue weighted by atomic mass is 35.5. The second kappa shape index (κ2) is 7.32. The number of hydrogen-bond donors (Lipinski definition) is 0. The molecule has 4 rings (SSSR count). The number of aromatic nitrogens is 1. The first kappa shape index (κ1) is 16.8. The molecule has 3 aromatic carbocycles. The van der Waals surface area contributed by atoms with E-state index in [1.807, 2.05) is 66.7 Å². The summed E-state index contributed by atoms with van der Waals surface area (Å²) in [6, 6.07) is 26.2. The highest BCUT2D eigenvalue weighted by molar-refractivity contribution is 7.19. The van der Waals surface area contributed by atoms with Gasteiger partial charge in [0.1, 0.15) is 10.8 Å². The molecule has 0 atom stereocenters. The maximum absolute atomic E-state index is 6.06. The van der Waals surface area contributed by atoms with Gasteiger partial charge in [0.25, 0.3) is 0 Å². The van der Waals surface area contributed by atoms with Gasteiger partial charge >= 0.3 is 0 Å². The van der Waals surface area contributed by atoms with Crippen LogP contribution in [0.15, 0.2) is 78.9 Å². The van der Waals surface area contributed by atoms with E-state index in [-0.39, 0.29) is 0 Å². The molecule has 4 aromatic rings. The van der Waals surface area contributed by atoms with E-state index in [4.69, 9.17) is 21.3 Å². The van der Waals surface area contributed by atoms with Gasteiger partial charge in [-0.05, 0) is 42.0 Å². The summed E-state index contributed by atoms with van der Waals surface area (Å²) in [6.07, 6.45) is 0. The Morgan fingerprint density at radius 3 is 2.08 bits per heavy atom. The quantitative estimate of drug-likeness (QED) is 0.390. The highest BCUT2D eigenvalue weighted by Gasteiger charge is 2.16. The van der Waals surface area contributed by atoms with Gasteiger partial charge in [0.05, 0.1) is 17.7 Å². The average molecular weight is 378 g/mol. The lowest BCUT2D eigenvalue weighted by Crippen LogP contribution is -1.84. The van der Waals surface area contributed by atoms with E-state index in [1.165, 1.54) is 0 Å². The lowest BCUT2D eigenvalue weighted by atomic mass is 10.1. The van der Waals surface area contributed by atoms with Gasteiger partial charge in [-0.1, -0.05) is 54.1 Å². The molecule has 0 saturated carbocycles. The van der Waals surface area contributed by atoms with Crippen molar-refractivity contribution in [2.45, 2.75) is 0 Å². The van der Waals surface area contributed by atoms with E-state index < -0.39 is 0 Å². The molecule has 1 heterocycles. The van der Waals surface area contributed by atoms with Gasteiger partial charge in [-0.2, -0.15) is 0 Å². The molecule has 0 spiro atoms. The molecule has 0 unspecified atom stereocenters. The summed E-state index contributed by atoms with van der Waals surface area (Å²) in [5.41, 5.74) is 4.27. The zero-order valence-corrected chi connectivity index (χ0v) is 15.7. The normalized spacial score (nSPS) is 10.7. The van der Waals surface area contributed by atoms with Crippen LogP contribution in [0.1, 0.15) is 0 Å². The maximum atomic E-state index is 6.06. The molecule has 0 aliphatic rings. The third-order valence-corrected chi connectivity index (χ3v) is 5.52. The van der Waals surface area contributed by atoms with Crippen LogP contribution < -0.4 is 4.74 Å². The molecular weight excluding hydrogens is 362 g/mol. The predicted molar refractivity (Wildman–Crippen MR) is 110 cm³/mol. The van der Waals surface area contributed by atoms with Crippen molar-refractivity contribution < 1.29 is 4.74 Å². The summed E-state index contributed by atoms with van der Waals surface area (Å²) in [4.78, 5) is 6.10. The summed E-state index contributed by atoms with van der Waals surface area (Å²) >= 11 is 7.75. The molecule has 0 saturated heterocycles. The monoisotopic (exact) mass is 377 g/mol. The van der Waals surface area contributed by atoms with Crippen LogP contribution in [0.4, 0.5) is 0 Å². The molecule has 0 aliphatic carbocycles. The summed E-state index contributed by atoms with van der Waals surface area (Å²) in [6.45, 7) is 0. The zero-order chi connectivity index (χ0) is 17.9. The van der Waals surface area contributed by atoms with E-state index in [0.717, 1.165) is 43.0 Å². The van der Waals surface area contributed by atoms with Crippen LogP contribution in [0.3, 0.4) is 0 Å². The van der Waals surface area contributed by atoms with Gasteiger partial charge in [0, 0.05) is 16.1 Å². The number of ether oxygens (including phenoxy) is 1. The third-order valence-electron chi connectivity index (χ3n) is 4.12. The van der Waals surface area contributed by atoms with Crippen LogP contribution in [-0.4, -0.2) is 12.1 Å². The van der Waals surface area contributed by atoms with Crippen LogP contribution in [0.25, 0.3) is 32.3 Å². The molecule has 26 heavy (non-hydrogen) atoms. The maximum Gasteiger partial charge on any atom is 0.124 e. The van der Waals surface area contributed by atoms with E-state index in [0.29, 0.717) is 0 Å². The van der Waals surface area contributed by atoms with E-state index in [1.54, 1.807) is 18.4 Å². The van der Waals surface area contributed by atoms with Gasteiger partial charge in [0.15, 0.2) is 0 Å². The molecule has 2 nitrogen and oxygen atoms in total. The van der Waals surface area contributed by atoms with Crippen molar-refractivity contribution >= 4 is 22.9 Å². The lowest BCUT2D eigenvalue weighted by Gasteiger charge is -2.02. The number of halogens is 1. The number of methoxy groups -OCH3 is 1. The van der Waals surface area contributed by atoms with E-state index >= 15 is 0 Å². The van der Waals surface area contributed by atoms with Crippen molar-refractivity contribution in [1.29, 1.82) is 0 Å². The van der Waals surface area contributed by atoms with Crippen molar-refractivity contribution in [3.8, 4) is 38.0 Å². The molecule has 0 amide bonds. The minimum Gasteiger partial charge on any atom is -0.497 e. The zero-order valence-electron chi connectivity index (χ0n) is 14.1. The molecule has 0 fully saturated rings. The van der Waals surface area contributed by atoms with Crippen LogP contribution in [0, 0.1) is 0 Å². The summed E-state index contributed by atoms with van der Waals surface area (Å²) in [7, 11) is 1.67. The number of rotatable bonds is 4. The number of hydrogen-bond acceptors (Lipinski definition) is 3. The first-order chi connectivity index (χ1) is 12.7. The van der Waals surface area contributed by atoms with Gasteiger partial charge in [0.2, 0.25) is 0 Å². The Hall–Kier alpha value is -2.62. The van der Waals surface area contributed by atoms with E-state index in [2.05, 4.69) is 12.1 Å². The molecule has 1 aromatic heterocycles. The van der Waals surface area contributed by atoms with Crippen LogP contribution in [-0.2, 0) is 0 Å². The Morgan fingerprint density at radius 2 is 1.42 bits per heavy atom. The minimum absolute atomic E-state index is 0.723. The largest absolute Gasteiger partial charge is 0.497 e. The van der Waals surface area contributed by atoms with Crippen molar-refractivity contribution in [3.05, 3.63) is 83.9 Å². The Labute approximate surface area is 161 Å². The molecule has 4 heteroatoms. The number of nitrogens with zero attached hydrogens (tertiary/aromatic N) is 1. The summed E-state index contributed by atoms with van der Waals surface area (Å²) in [5, 5.41) is 1.71. The van der Waals surface area contributed by atoms with Crippen molar-refractivity contribution in [2.75, 3.05) is 7.11 Å². The second-order valence-corrected chi connectivity index (χ2v) is 7.23. The molecule has 128 valence electrons. The smallest absolute Gasteiger partial charge is 0.124 e. The van der Waals surface area contributed by atoms with Crippen molar-refractivity contribution in [2.24, 2.45) is 0 Å². The van der Waals surface area contributed by atoms with Crippen molar-refractivity contribution in [1.82, 2.24) is 4.98 Å². The second-order valence-electron chi connectivity index (χ2n) is 5.80. The first-order valence-electron chi connectivity index (χ1n) is 8.21. The van der Waals surface area contributed by atoms with Crippen LogP contribution in [0.2, 0.25) is 5.02 Å². The summed E-state index contributed by atoms with van der Waals surface area (Å²) in [5.74, 6) is 0.839. The topological polar surface area (TPSA) is 22.1 Å². The number of thiazole rings is 1. The van der Waals surface area contributed by atoms with Crippen LogP contribution in [0.5, 0.6) is 5.75 Å². The van der Waals surface area contributed by atoms with Crippen LogP contribution >= 0.6 is 22.9 Å². The molecular formula is C22H16ClNOS. The predicted octanol–water partition coefficient (Wildman–Crippen LogP) is 6.81. The fourth-order valence-electron chi connectivity index (χ4n) is 2.77. The standard InChI is InChI=1S/C22H16ClNOS/c1-25-19-13-9-17(10-14-19)22-24-20(15-7-11-18(23)12-8-15)21(26-22)16-5-3-2-4-6-16/h2-14H,1H3. The molecule has 0 bridgehead atoms. The fourth-order valence-corrected chi connectivity index (χ4v) is 3.99. The van der Waals surface area contributed by atoms with Crippen molar-refractivity contribution in [3.63, 3.8) is 0 Å². The SMILES string of the molecule is COc1ccc(-c2nc(-c3ccc(Cl)cc3)c(-c3ccccc3)s2)cc1.